The third-order valence-electron chi connectivity index (χ3n) is 6.37. The van der Waals surface area contributed by atoms with E-state index in [9.17, 15) is 0 Å². The number of nitrogens with zero attached hydrogens (tertiary/aromatic N) is 4. The molecule has 1 heterocycles. The average Bonchev–Trinajstić information content (AvgIpc) is 3.30. The van der Waals surface area contributed by atoms with Gasteiger partial charge in [0.05, 0.1) is 0 Å². The van der Waals surface area contributed by atoms with Crippen LogP contribution < -0.4 is 10.6 Å². The molecule has 0 amide bonds. The van der Waals surface area contributed by atoms with Crippen LogP contribution in [0.3, 0.4) is 0 Å². The molecule has 0 radical (unpaired) electrons. The third-order valence-corrected chi connectivity index (χ3v) is 6.37. The topological polar surface area (TPSA) is 67.1 Å². The Labute approximate surface area is 164 Å². The monoisotopic (exact) mass is 374 g/mol. The molecular formula is C21H38N6. The molecule has 2 N–H and O–H groups in total. The van der Waals surface area contributed by atoms with E-state index in [0.29, 0.717) is 18.6 Å². The molecule has 0 aliphatic heterocycles. The van der Waals surface area contributed by atoms with E-state index < -0.39 is 0 Å². The Kier molecular flexibility index (Phi) is 7.53. The summed E-state index contributed by atoms with van der Waals surface area (Å²) in [6.07, 6.45) is 14.9. The highest BCUT2D eigenvalue weighted by atomic mass is 15.3. The van der Waals surface area contributed by atoms with E-state index in [4.69, 9.17) is 4.99 Å². The van der Waals surface area contributed by atoms with Gasteiger partial charge in [-0.3, -0.25) is 0 Å². The van der Waals surface area contributed by atoms with Crippen LogP contribution in [0.25, 0.3) is 0 Å². The second kappa shape index (κ2) is 10.1. The molecule has 2 aliphatic carbocycles. The first-order valence-corrected chi connectivity index (χ1v) is 11.0. The normalized spacial score (nSPS) is 20.8. The van der Waals surface area contributed by atoms with Crippen LogP contribution in [0, 0.1) is 12.8 Å². The number of aliphatic imine (C=N–C) groups is 1. The Morgan fingerprint density at radius 3 is 2.48 bits per heavy atom. The highest BCUT2D eigenvalue weighted by molar-refractivity contribution is 5.80. The summed E-state index contributed by atoms with van der Waals surface area (Å²) in [6.45, 7) is 4.83. The Morgan fingerprint density at radius 2 is 1.81 bits per heavy atom. The molecule has 6 heteroatoms. The van der Waals surface area contributed by atoms with Gasteiger partial charge in [0.25, 0.3) is 0 Å². The standard InChI is InChI=1S/C21H38N6/c1-16(13-14-18-9-5-4-6-10-18)23-21(24-19-11-7-8-12-19)22-15-20-26-25-17(2)27(20)3/h16,18-19H,4-15H2,1-3H3,(H2,22,23,24). The molecule has 3 rings (SSSR count). The van der Waals surface area contributed by atoms with Crippen molar-refractivity contribution in [3.05, 3.63) is 11.6 Å². The van der Waals surface area contributed by atoms with E-state index in [1.54, 1.807) is 0 Å². The summed E-state index contributed by atoms with van der Waals surface area (Å²) in [5.74, 6) is 3.72. The lowest BCUT2D eigenvalue weighted by molar-refractivity contribution is 0.322. The van der Waals surface area contributed by atoms with Crippen molar-refractivity contribution in [3.63, 3.8) is 0 Å². The second-order valence-electron chi connectivity index (χ2n) is 8.64. The van der Waals surface area contributed by atoms with E-state index in [-0.39, 0.29) is 0 Å². The van der Waals surface area contributed by atoms with Gasteiger partial charge in [0.15, 0.2) is 11.8 Å². The number of aryl methyl sites for hydroxylation is 1. The first kappa shape index (κ1) is 20.2. The summed E-state index contributed by atoms with van der Waals surface area (Å²) >= 11 is 0. The van der Waals surface area contributed by atoms with Gasteiger partial charge in [0, 0.05) is 19.1 Å². The van der Waals surface area contributed by atoms with Crippen LogP contribution in [-0.2, 0) is 13.6 Å². The number of guanidine groups is 1. The minimum atomic E-state index is 0.445. The van der Waals surface area contributed by atoms with Crippen molar-refractivity contribution >= 4 is 5.96 Å². The summed E-state index contributed by atoms with van der Waals surface area (Å²) in [5.41, 5.74) is 0. The Morgan fingerprint density at radius 1 is 1.11 bits per heavy atom. The van der Waals surface area contributed by atoms with Crippen LogP contribution in [0.1, 0.15) is 89.2 Å². The summed E-state index contributed by atoms with van der Waals surface area (Å²) in [5, 5.41) is 15.7. The molecule has 2 fully saturated rings. The average molecular weight is 375 g/mol. The second-order valence-corrected chi connectivity index (χ2v) is 8.64. The molecule has 6 nitrogen and oxygen atoms in total. The molecule has 1 aromatic heterocycles. The lowest BCUT2D eigenvalue weighted by atomic mass is 9.85. The molecule has 27 heavy (non-hydrogen) atoms. The molecule has 1 aromatic rings. The molecule has 0 aromatic carbocycles. The number of hydrogen-bond acceptors (Lipinski definition) is 3. The van der Waals surface area contributed by atoms with Crippen LogP contribution in [-0.4, -0.2) is 32.8 Å². The van der Waals surface area contributed by atoms with Gasteiger partial charge >= 0.3 is 0 Å². The van der Waals surface area contributed by atoms with E-state index in [2.05, 4.69) is 27.8 Å². The lowest BCUT2D eigenvalue weighted by Gasteiger charge is -2.25. The zero-order valence-corrected chi connectivity index (χ0v) is 17.5. The van der Waals surface area contributed by atoms with Gasteiger partial charge < -0.3 is 15.2 Å². The molecule has 2 aliphatic rings. The van der Waals surface area contributed by atoms with Crippen molar-refractivity contribution < 1.29 is 0 Å². The van der Waals surface area contributed by atoms with Crippen LogP contribution in [0.15, 0.2) is 4.99 Å². The summed E-state index contributed by atoms with van der Waals surface area (Å²) < 4.78 is 2.02. The fourth-order valence-corrected chi connectivity index (χ4v) is 4.40. The summed E-state index contributed by atoms with van der Waals surface area (Å²) in [4.78, 5) is 4.84. The van der Waals surface area contributed by atoms with Crippen molar-refractivity contribution in [2.24, 2.45) is 18.0 Å². The molecule has 0 saturated heterocycles. The van der Waals surface area contributed by atoms with Crippen molar-refractivity contribution in [1.82, 2.24) is 25.4 Å². The first-order chi connectivity index (χ1) is 13.1. The van der Waals surface area contributed by atoms with Crippen LogP contribution in [0.4, 0.5) is 0 Å². The van der Waals surface area contributed by atoms with Gasteiger partial charge in [-0.15, -0.1) is 10.2 Å². The largest absolute Gasteiger partial charge is 0.354 e. The fourth-order valence-electron chi connectivity index (χ4n) is 4.40. The fraction of sp³-hybridized carbons (Fsp3) is 0.857. The zero-order valence-electron chi connectivity index (χ0n) is 17.5. The molecule has 1 unspecified atom stereocenters. The molecule has 2 saturated carbocycles. The smallest absolute Gasteiger partial charge is 0.192 e. The van der Waals surface area contributed by atoms with Crippen molar-refractivity contribution in [3.8, 4) is 0 Å². The maximum Gasteiger partial charge on any atom is 0.192 e. The number of hydrogen-bond donors (Lipinski definition) is 2. The maximum atomic E-state index is 4.84. The Bertz CT molecular complexity index is 596. The molecule has 0 spiro atoms. The molecule has 0 bridgehead atoms. The number of rotatable bonds is 7. The highest BCUT2D eigenvalue weighted by Crippen LogP contribution is 2.27. The minimum Gasteiger partial charge on any atom is -0.354 e. The third kappa shape index (κ3) is 6.22. The van der Waals surface area contributed by atoms with Gasteiger partial charge in [0.1, 0.15) is 12.4 Å². The SMILES string of the molecule is Cc1nnc(CN=C(NC(C)CCC2CCCCC2)NC2CCCC2)n1C. The Balaban J connectivity index is 1.54. The first-order valence-electron chi connectivity index (χ1n) is 11.0. The summed E-state index contributed by atoms with van der Waals surface area (Å²) in [6, 6.07) is 1.00. The van der Waals surface area contributed by atoms with Crippen molar-refractivity contribution in [2.75, 3.05) is 0 Å². The molecule has 152 valence electrons. The van der Waals surface area contributed by atoms with Gasteiger partial charge in [-0.2, -0.15) is 0 Å². The van der Waals surface area contributed by atoms with Crippen LogP contribution in [0.2, 0.25) is 0 Å². The predicted molar refractivity (Wildman–Crippen MR) is 111 cm³/mol. The van der Waals surface area contributed by atoms with Gasteiger partial charge in [-0.05, 0) is 45.4 Å². The quantitative estimate of drug-likeness (QED) is 0.562. The minimum absolute atomic E-state index is 0.445. The molecule has 1 atom stereocenters. The van der Waals surface area contributed by atoms with E-state index in [1.165, 1.54) is 70.6 Å². The van der Waals surface area contributed by atoms with Gasteiger partial charge in [-0.25, -0.2) is 4.99 Å². The van der Waals surface area contributed by atoms with Crippen molar-refractivity contribution in [1.29, 1.82) is 0 Å². The Hall–Kier alpha value is -1.59. The maximum absolute atomic E-state index is 4.84. The lowest BCUT2D eigenvalue weighted by Crippen LogP contribution is -2.46. The van der Waals surface area contributed by atoms with Crippen molar-refractivity contribution in [2.45, 2.75) is 103 Å². The number of nitrogens with one attached hydrogen (secondary N) is 2. The number of aromatic nitrogens is 3. The van der Waals surface area contributed by atoms with Gasteiger partial charge in [-0.1, -0.05) is 44.9 Å². The molecular weight excluding hydrogens is 336 g/mol. The predicted octanol–water partition coefficient (Wildman–Crippen LogP) is 3.85. The zero-order chi connectivity index (χ0) is 19.1. The van der Waals surface area contributed by atoms with E-state index >= 15 is 0 Å². The van der Waals surface area contributed by atoms with Gasteiger partial charge in [0.2, 0.25) is 0 Å². The van der Waals surface area contributed by atoms with E-state index in [0.717, 1.165) is 23.5 Å². The van der Waals surface area contributed by atoms with Crippen LogP contribution in [0.5, 0.6) is 0 Å². The highest BCUT2D eigenvalue weighted by Gasteiger charge is 2.19. The summed E-state index contributed by atoms with van der Waals surface area (Å²) in [7, 11) is 2.00. The van der Waals surface area contributed by atoms with Crippen LogP contribution >= 0.6 is 0 Å². The van der Waals surface area contributed by atoms with E-state index in [1.807, 2.05) is 18.5 Å².